The topological polar surface area (TPSA) is 94.2 Å². The Morgan fingerprint density at radius 1 is 1.17 bits per heavy atom. The van der Waals surface area contributed by atoms with Crippen molar-refractivity contribution in [3.05, 3.63) is 81.7 Å². The number of hydrogen-bond donors (Lipinski definition) is 0. The predicted octanol–water partition coefficient (Wildman–Crippen LogP) is 6.34. The van der Waals surface area contributed by atoms with Gasteiger partial charge in [0, 0.05) is 47.7 Å². The van der Waals surface area contributed by atoms with E-state index >= 15 is 0 Å². The second-order valence-corrected chi connectivity index (χ2v) is 9.91. The van der Waals surface area contributed by atoms with Gasteiger partial charge in [-0.15, -0.1) is 23.7 Å². The van der Waals surface area contributed by atoms with Gasteiger partial charge in [0.1, 0.15) is 0 Å². The molecule has 0 spiro atoms. The fourth-order valence-electron chi connectivity index (χ4n) is 3.89. The second-order valence-electron chi connectivity index (χ2n) is 7.81. The summed E-state index contributed by atoms with van der Waals surface area (Å²) < 4.78 is 3.87. The molecule has 0 N–H and O–H groups in total. The number of nitro groups is 1. The summed E-state index contributed by atoms with van der Waals surface area (Å²) in [4.78, 5) is 35.6. The van der Waals surface area contributed by atoms with Crippen molar-refractivity contribution in [1.82, 2.24) is 14.5 Å². The van der Waals surface area contributed by atoms with Crippen LogP contribution in [0.4, 0.5) is 10.8 Å². The van der Waals surface area contributed by atoms with Crippen molar-refractivity contribution in [3.63, 3.8) is 0 Å². The van der Waals surface area contributed by atoms with Crippen molar-refractivity contribution in [2.75, 3.05) is 11.4 Å². The maximum Gasteiger partial charge on any atom is 0.270 e. The summed E-state index contributed by atoms with van der Waals surface area (Å²) in [5, 5.41) is 12.5. The number of aryl methyl sites for hydroxylation is 2. The van der Waals surface area contributed by atoms with E-state index in [0.29, 0.717) is 21.9 Å². The van der Waals surface area contributed by atoms with Gasteiger partial charge in [-0.25, -0.2) is 9.97 Å². The van der Waals surface area contributed by atoms with Crippen LogP contribution in [0.25, 0.3) is 20.3 Å². The monoisotopic (exact) mass is 527 g/mol. The van der Waals surface area contributed by atoms with Gasteiger partial charge in [0.15, 0.2) is 5.13 Å². The maximum absolute atomic E-state index is 13.7. The summed E-state index contributed by atoms with van der Waals surface area (Å²) in [7, 11) is 0. The van der Waals surface area contributed by atoms with Crippen LogP contribution in [-0.4, -0.2) is 31.9 Å². The van der Waals surface area contributed by atoms with Gasteiger partial charge in [0.2, 0.25) is 0 Å². The van der Waals surface area contributed by atoms with E-state index in [1.165, 1.54) is 34.8 Å². The average molecular weight is 528 g/mol. The summed E-state index contributed by atoms with van der Waals surface area (Å²) >= 11 is 2.85. The van der Waals surface area contributed by atoms with Crippen molar-refractivity contribution in [1.29, 1.82) is 0 Å². The summed E-state index contributed by atoms with van der Waals surface area (Å²) in [6, 6.07) is 12.5. The van der Waals surface area contributed by atoms with Gasteiger partial charge in [-0.2, -0.15) is 0 Å². The van der Waals surface area contributed by atoms with Crippen molar-refractivity contribution >= 4 is 72.1 Å². The highest BCUT2D eigenvalue weighted by molar-refractivity contribution is 7.23. The minimum absolute atomic E-state index is 0. The molecule has 0 saturated heterocycles. The average Bonchev–Trinajstić information content (AvgIpc) is 3.59. The van der Waals surface area contributed by atoms with Crippen LogP contribution in [0.15, 0.2) is 61.2 Å². The molecule has 0 bridgehead atoms. The maximum atomic E-state index is 13.7. The molecule has 0 aliphatic carbocycles. The molecule has 5 aromatic rings. The fraction of sp³-hybridized carbons (Fsp3) is 0.208. The third-order valence-electron chi connectivity index (χ3n) is 5.63. The molecule has 35 heavy (non-hydrogen) atoms. The summed E-state index contributed by atoms with van der Waals surface area (Å²) in [5.41, 5.74) is 2.10. The number of fused-ring (bicyclic) bond motifs is 2. The Morgan fingerprint density at radius 2 is 2.03 bits per heavy atom. The number of amides is 1. The van der Waals surface area contributed by atoms with Crippen LogP contribution in [0.5, 0.6) is 0 Å². The van der Waals surface area contributed by atoms with E-state index in [1.807, 2.05) is 22.9 Å². The van der Waals surface area contributed by atoms with Gasteiger partial charge < -0.3 is 4.57 Å². The first-order chi connectivity index (χ1) is 16.5. The number of carbonyl (C=O) groups is 1. The minimum atomic E-state index is -0.423. The van der Waals surface area contributed by atoms with Gasteiger partial charge >= 0.3 is 0 Å². The van der Waals surface area contributed by atoms with E-state index in [4.69, 9.17) is 4.98 Å². The van der Waals surface area contributed by atoms with Crippen LogP contribution < -0.4 is 4.90 Å². The minimum Gasteiger partial charge on any atom is -0.337 e. The molecular formula is C24H22ClN5O3S2. The number of carbonyl (C=O) groups excluding carboxylic acids is 1. The molecule has 11 heteroatoms. The molecule has 0 unspecified atom stereocenters. The Morgan fingerprint density at radius 3 is 2.77 bits per heavy atom. The van der Waals surface area contributed by atoms with Crippen LogP contribution in [0.2, 0.25) is 0 Å². The number of nitro benzene ring substituents is 1. The van der Waals surface area contributed by atoms with Gasteiger partial charge in [-0.05, 0) is 36.6 Å². The largest absolute Gasteiger partial charge is 0.337 e. The number of aromatic nitrogens is 3. The van der Waals surface area contributed by atoms with Gasteiger partial charge in [0.05, 0.1) is 26.3 Å². The lowest BCUT2D eigenvalue weighted by Crippen LogP contribution is -2.31. The Labute approximate surface area is 215 Å². The molecule has 1 amide bonds. The molecule has 0 aliphatic rings. The molecule has 3 heterocycles. The van der Waals surface area contributed by atoms with Crippen molar-refractivity contribution < 1.29 is 9.72 Å². The highest BCUT2D eigenvalue weighted by Gasteiger charge is 2.24. The fourth-order valence-corrected chi connectivity index (χ4v) is 5.92. The quantitative estimate of drug-likeness (QED) is 0.173. The number of anilines is 1. The van der Waals surface area contributed by atoms with Crippen LogP contribution in [0.3, 0.4) is 0 Å². The number of hydrogen-bond acceptors (Lipinski definition) is 7. The van der Waals surface area contributed by atoms with Crippen molar-refractivity contribution in [2.24, 2.45) is 0 Å². The van der Waals surface area contributed by atoms with E-state index in [2.05, 4.69) is 18.0 Å². The number of para-hydroxylation sites is 1. The zero-order valence-electron chi connectivity index (χ0n) is 18.8. The number of halogens is 1. The normalized spacial score (nSPS) is 11.0. The van der Waals surface area contributed by atoms with E-state index < -0.39 is 4.92 Å². The molecule has 0 aliphatic heterocycles. The molecule has 0 fully saturated rings. The molecule has 0 atom stereocenters. The molecule has 8 nitrogen and oxygen atoms in total. The van der Waals surface area contributed by atoms with Crippen molar-refractivity contribution in [2.45, 2.75) is 26.3 Å². The Hall–Kier alpha value is -3.34. The lowest BCUT2D eigenvalue weighted by atomic mass is 10.1. The van der Waals surface area contributed by atoms with Gasteiger partial charge in [-0.1, -0.05) is 30.4 Å². The number of nitrogens with zero attached hydrogens (tertiary/aromatic N) is 5. The highest BCUT2D eigenvalue weighted by Crippen LogP contribution is 2.34. The number of benzene rings is 2. The zero-order chi connectivity index (χ0) is 23.7. The molecule has 0 saturated carbocycles. The first-order valence-corrected chi connectivity index (χ1v) is 12.5. The number of thiazole rings is 1. The van der Waals surface area contributed by atoms with Gasteiger partial charge in [0.25, 0.3) is 11.6 Å². The highest BCUT2D eigenvalue weighted by atomic mass is 35.5. The molecule has 3 aromatic heterocycles. The standard InChI is InChI=1S/C24H21N5O3S2.ClH/c1-2-16-5-3-6-20-22(16)26-24(34-20)28(11-4-10-27-12-9-25-15-27)23(30)21-14-17-13-18(29(31)32)7-8-19(17)33-21;/h3,5-9,12-15H,2,4,10-11H2,1H3;1H. The molecule has 2 aromatic carbocycles. The Bertz CT molecular complexity index is 1500. The molecule has 180 valence electrons. The number of non-ortho nitro benzene ring substituents is 1. The van der Waals surface area contributed by atoms with Gasteiger partial charge in [-0.3, -0.25) is 19.8 Å². The lowest BCUT2D eigenvalue weighted by Gasteiger charge is -2.19. The second kappa shape index (κ2) is 10.5. The van der Waals surface area contributed by atoms with Crippen LogP contribution in [0.1, 0.15) is 28.6 Å². The SMILES string of the molecule is CCc1cccc2sc(N(CCCn3ccnc3)C(=O)c3cc4cc([N+](=O)[O-])ccc4s3)nc12.Cl. The third kappa shape index (κ3) is 5.04. The number of imidazole rings is 1. The molecule has 5 rings (SSSR count). The van der Waals surface area contributed by atoms with E-state index in [-0.39, 0.29) is 24.0 Å². The summed E-state index contributed by atoms with van der Waals surface area (Å²) in [6.07, 6.45) is 6.99. The Kier molecular flexibility index (Phi) is 7.44. The van der Waals surface area contributed by atoms with E-state index in [9.17, 15) is 14.9 Å². The van der Waals surface area contributed by atoms with E-state index in [0.717, 1.165) is 39.9 Å². The molecule has 0 radical (unpaired) electrons. The van der Waals surface area contributed by atoms with Crippen molar-refractivity contribution in [3.8, 4) is 0 Å². The van der Waals surface area contributed by atoms with Crippen LogP contribution in [-0.2, 0) is 13.0 Å². The van der Waals surface area contributed by atoms with E-state index in [1.54, 1.807) is 29.6 Å². The smallest absolute Gasteiger partial charge is 0.270 e. The predicted molar refractivity (Wildman–Crippen MR) is 143 cm³/mol. The summed E-state index contributed by atoms with van der Waals surface area (Å²) in [5.74, 6) is -0.147. The van der Waals surface area contributed by atoms with Crippen LogP contribution in [0, 0.1) is 10.1 Å². The Balaban J connectivity index is 0.00000289. The third-order valence-corrected chi connectivity index (χ3v) is 7.77. The number of thiophene rings is 1. The first kappa shape index (κ1) is 24.8. The summed E-state index contributed by atoms with van der Waals surface area (Å²) in [6.45, 7) is 3.32. The molecular weight excluding hydrogens is 506 g/mol. The number of rotatable bonds is 8. The van der Waals surface area contributed by atoms with Crippen LogP contribution >= 0.6 is 35.1 Å². The first-order valence-electron chi connectivity index (χ1n) is 10.9. The lowest BCUT2D eigenvalue weighted by molar-refractivity contribution is -0.384. The zero-order valence-corrected chi connectivity index (χ0v) is 21.2.